The van der Waals surface area contributed by atoms with Crippen molar-refractivity contribution >= 4 is 12.2 Å². The summed E-state index contributed by atoms with van der Waals surface area (Å²) in [6.07, 6.45) is 4.50. The van der Waals surface area contributed by atoms with Crippen molar-refractivity contribution in [3.05, 3.63) is 127 Å². The van der Waals surface area contributed by atoms with Crippen LogP contribution in [0.25, 0.3) is 12.2 Å². The zero-order valence-corrected chi connectivity index (χ0v) is 18.3. The van der Waals surface area contributed by atoms with E-state index in [1.54, 1.807) is 18.3 Å². The Morgan fingerprint density at radius 2 is 1.48 bits per heavy atom. The van der Waals surface area contributed by atoms with E-state index in [1.807, 2.05) is 44.2 Å². The van der Waals surface area contributed by atoms with Crippen LogP contribution in [0.15, 0.2) is 82.5 Å². The van der Waals surface area contributed by atoms with Crippen LogP contribution in [0.2, 0.25) is 0 Å². The number of aromatic amines is 2. The summed E-state index contributed by atoms with van der Waals surface area (Å²) in [4.78, 5) is 34.1. The minimum atomic E-state index is -0.474. The number of nitrogens with zero attached hydrogens (tertiary/aromatic N) is 1. The molecule has 0 bridgehead atoms. The minimum Gasteiger partial charge on any atom is -0.487 e. The lowest BCUT2D eigenvalue weighted by molar-refractivity contribution is 0.305. The van der Waals surface area contributed by atoms with Crippen LogP contribution in [-0.2, 0) is 6.61 Å². The van der Waals surface area contributed by atoms with Gasteiger partial charge in [-0.2, -0.15) is 0 Å². The van der Waals surface area contributed by atoms with Gasteiger partial charge in [0.25, 0.3) is 11.1 Å². The lowest BCUT2D eigenvalue weighted by Crippen LogP contribution is -2.46. The van der Waals surface area contributed by atoms with E-state index in [9.17, 15) is 14.0 Å². The molecule has 0 spiro atoms. The quantitative estimate of drug-likeness (QED) is 0.495. The van der Waals surface area contributed by atoms with E-state index in [4.69, 9.17) is 4.74 Å². The zero-order chi connectivity index (χ0) is 23.6. The van der Waals surface area contributed by atoms with Crippen molar-refractivity contribution in [2.45, 2.75) is 20.5 Å². The van der Waals surface area contributed by atoms with Crippen molar-refractivity contribution in [3.63, 3.8) is 0 Å². The van der Waals surface area contributed by atoms with Gasteiger partial charge in [-0.3, -0.25) is 14.6 Å². The molecule has 2 heterocycles. The van der Waals surface area contributed by atoms with Crippen molar-refractivity contribution in [1.82, 2.24) is 15.0 Å². The molecule has 0 radical (unpaired) electrons. The summed E-state index contributed by atoms with van der Waals surface area (Å²) >= 11 is 0. The number of pyridine rings is 1. The largest absolute Gasteiger partial charge is 0.487 e. The van der Waals surface area contributed by atoms with Crippen LogP contribution >= 0.6 is 0 Å². The molecular weight excluding hydrogens is 421 g/mol. The molecule has 0 saturated heterocycles. The lowest BCUT2D eigenvalue weighted by atomic mass is 10.2. The van der Waals surface area contributed by atoms with Crippen molar-refractivity contribution < 1.29 is 9.13 Å². The molecule has 2 aromatic carbocycles. The van der Waals surface area contributed by atoms with Gasteiger partial charge in [0.05, 0.1) is 11.9 Å². The summed E-state index contributed by atoms with van der Waals surface area (Å²) in [6, 6.07) is 18.8. The first-order valence-electron chi connectivity index (χ1n) is 10.5. The van der Waals surface area contributed by atoms with Gasteiger partial charge in [-0.25, -0.2) is 4.39 Å². The maximum absolute atomic E-state index is 13.0. The maximum atomic E-state index is 13.0. The van der Waals surface area contributed by atoms with Crippen molar-refractivity contribution in [3.8, 4) is 5.75 Å². The number of benzene rings is 2. The number of nitrogens with one attached hydrogen (secondary N) is 2. The van der Waals surface area contributed by atoms with Gasteiger partial charge in [-0.1, -0.05) is 56.3 Å². The summed E-state index contributed by atoms with van der Waals surface area (Å²) in [5.41, 5.74) is 1.17. The Kier molecular flexibility index (Phi) is 8.07. The molecule has 7 heteroatoms. The molecule has 0 aliphatic heterocycles. The number of ether oxygens (including phenoxy) is 1. The monoisotopic (exact) mass is 445 g/mol. The summed E-state index contributed by atoms with van der Waals surface area (Å²) in [6.45, 7) is 4.42. The molecule has 6 nitrogen and oxygen atoms in total. The number of aromatic nitrogens is 3. The smallest absolute Gasteiger partial charge is 0.272 e. The van der Waals surface area contributed by atoms with Crippen LogP contribution in [-0.4, -0.2) is 15.0 Å². The number of H-pyrrole nitrogens is 2. The number of rotatable bonds is 5. The third-order valence-corrected chi connectivity index (χ3v) is 4.47. The van der Waals surface area contributed by atoms with Crippen molar-refractivity contribution in [1.29, 1.82) is 0 Å². The Bertz CT molecular complexity index is 1410. The molecule has 0 amide bonds. The van der Waals surface area contributed by atoms with Crippen LogP contribution < -0.4 is 26.6 Å². The molecular formula is C26H24FN3O3. The molecule has 0 atom stereocenters. The highest BCUT2D eigenvalue weighted by molar-refractivity contribution is 5.48. The fourth-order valence-corrected chi connectivity index (χ4v) is 2.87. The van der Waals surface area contributed by atoms with Crippen LogP contribution in [0, 0.1) is 5.82 Å². The van der Waals surface area contributed by atoms with E-state index in [0.717, 1.165) is 5.56 Å². The topological polar surface area (TPSA) is 87.8 Å². The molecule has 0 aliphatic carbocycles. The van der Waals surface area contributed by atoms with Gasteiger partial charge in [0, 0.05) is 0 Å². The van der Waals surface area contributed by atoms with Crippen molar-refractivity contribution in [2.75, 3.05) is 0 Å². The molecule has 0 aliphatic rings. The van der Waals surface area contributed by atoms with E-state index < -0.39 is 11.1 Å². The Balaban J connectivity index is 0.00000149. The molecule has 168 valence electrons. The van der Waals surface area contributed by atoms with E-state index in [1.165, 1.54) is 36.4 Å². The highest BCUT2D eigenvalue weighted by atomic mass is 19.1. The number of hydrogen-bond donors (Lipinski definition) is 2. The van der Waals surface area contributed by atoms with E-state index >= 15 is 0 Å². The molecule has 2 N–H and O–H groups in total. The Morgan fingerprint density at radius 1 is 0.848 bits per heavy atom. The van der Waals surface area contributed by atoms with E-state index in [0.29, 0.717) is 23.6 Å². The summed E-state index contributed by atoms with van der Waals surface area (Å²) in [5, 5.41) is 0.151. The third kappa shape index (κ3) is 6.61. The van der Waals surface area contributed by atoms with Gasteiger partial charge in [0.2, 0.25) is 0 Å². The second kappa shape index (κ2) is 11.4. The highest BCUT2D eigenvalue weighted by Crippen LogP contribution is 2.12. The first-order chi connectivity index (χ1) is 16.1. The Morgan fingerprint density at radius 3 is 2.09 bits per heavy atom. The maximum Gasteiger partial charge on any atom is 0.272 e. The van der Waals surface area contributed by atoms with E-state index in [-0.39, 0.29) is 16.5 Å². The Labute approximate surface area is 189 Å². The van der Waals surface area contributed by atoms with Crippen LogP contribution in [0.3, 0.4) is 0 Å². The molecule has 4 rings (SSSR count). The molecule has 0 unspecified atom stereocenters. The normalized spacial score (nSPS) is 11.6. The van der Waals surface area contributed by atoms with Gasteiger partial charge < -0.3 is 14.7 Å². The first-order valence-corrected chi connectivity index (χ1v) is 10.5. The number of halogens is 1. The Hall–Kier alpha value is -4.26. The molecule has 2 aromatic heterocycles. The van der Waals surface area contributed by atoms with Gasteiger partial charge in [0.1, 0.15) is 28.9 Å². The van der Waals surface area contributed by atoms with Gasteiger partial charge in [-0.15, -0.1) is 0 Å². The summed E-state index contributed by atoms with van der Waals surface area (Å²) < 4.78 is 18.7. The van der Waals surface area contributed by atoms with E-state index in [2.05, 4.69) is 15.0 Å². The summed E-state index contributed by atoms with van der Waals surface area (Å²) in [5.74, 6) is 0.209. The second-order valence-electron chi connectivity index (χ2n) is 6.77. The number of hydrogen-bond acceptors (Lipinski definition) is 4. The summed E-state index contributed by atoms with van der Waals surface area (Å²) in [7, 11) is 0. The zero-order valence-electron chi connectivity index (χ0n) is 18.3. The third-order valence-electron chi connectivity index (χ3n) is 4.47. The molecule has 33 heavy (non-hydrogen) atoms. The lowest BCUT2D eigenvalue weighted by Gasteiger charge is -2.05. The second-order valence-corrected chi connectivity index (χ2v) is 6.77. The first kappa shape index (κ1) is 23.4. The molecule has 4 aromatic rings. The van der Waals surface area contributed by atoms with Gasteiger partial charge in [-0.05, 0) is 47.5 Å². The minimum absolute atomic E-state index is 0.0753. The highest BCUT2D eigenvalue weighted by Gasteiger charge is 2.00. The van der Waals surface area contributed by atoms with Crippen LogP contribution in [0.1, 0.15) is 30.7 Å². The van der Waals surface area contributed by atoms with Crippen molar-refractivity contribution in [2.24, 2.45) is 0 Å². The standard InChI is InChI=1S/C24H18FN3O3.C2H6/c25-18-8-6-16(7-9-18)12-21-23(29)28-22(24(30)27-21)13-19-10-11-20(14-26-19)31-15-17-4-2-1-3-5-17;1-2/h1-14H,15H2,(H,27,30)(H,28,29);1-2H3/b21-12+,22-13+;. The predicted octanol–water partition coefficient (Wildman–Crippen LogP) is 2.86. The van der Waals surface area contributed by atoms with Gasteiger partial charge >= 0.3 is 0 Å². The van der Waals surface area contributed by atoms with Crippen LogP contribution in [0.5, 0.6) is 5.75 Å². The molecule has 0 saturated carbocycles. The van der Waals surface area contributed by atoms with Gasteiger partial charge in [0.15, 0.2) is 0 Å². The van der Waals surface area contributed by atoms with Crippen LogP contribution in [0.4, 0.5) is 4.39 Å². The average Bonchev–Trinajstić information content (AvgIpc) is 2.85. The predicted molar refractivity (Wildman–Crippen MR) is 127 cm³/mol. The average molecular weight is 445 g/mol. The molecule has 0 fully saturated rings. The fraction of sp³-hybridized carbons (Fsp3) is 0.115. The SMILES string of the molecule is CC.O=c1[nH]/c(=C/c2ccc(OCc3ccccc3)cn2)c(=O)[nH]/c1=C/c1ccc(F)cc1. The fourth-order valence-electron chi connectivity index (χ4n) is 2.87.